The van der Waals surface area contributed by atoms with Crippen molar-refractivity contribution >= 4 is 22.4 Å². The summed E-state index contributed by atoms with van der Waals surface area (Å²) in [4.78, 5) is 22.1. The van der Waals surface area contributed by atoms with Crippen LogP contribution >= 0.6 is 11.3 Å². The molecule has 0 spiro atoms. The first-order valence-corrected chi connectivity index (χ1v) is 7.57. The van der Waals surface area contributed by atoms with E-state index < -0.39 is 0 Å². The number of hydrogen-bond acceptors (Lipinski definition) is 6. The van der Waals surface area contributed by atoms with Gasteiger partial charge in [-0.3, -0.25) is 19.7 Å². The highest BCUT2D eigenvalue weighted by atomic mass is 32.1. The average Bonchev–Trinajstić information content (AvgIpc) is 3.07. The number of nitrogens with zero attached hydrogens (tertiary/aromatic N) is 5. The SMILES string of the molecule is CCN(C(=O)c1ccncc1)c1nnc(-c2ccncc2)s1. The van der Waals surface area contributed by atoms with E-state index in [1.807, 2.05) is 19.1 Å². The molecule has 22 heavy (non-hydrogen) atoms. The van der Waals surface area contributed by atoms with Crippen molar-refractivity contribution in [2.24, 2.45) is 0 Å². The lowest BCUT2D eigenvalue weighted by molar-refractivity contribution is 0.0988. The van der Waals surface area contributed by atoms with E-state index in [2.05, 4.69) is 20.2 Å². The highest BCUT2D eigenvalue weighted by Crippen LogP contribution is 2.28. The van der Waals surface area contributed by atoms with E-state index in [1.165, 1.54) is 11.3 Å². The summed E-state index contributed by atoms with van der Waals surface area (Å²) in [7, 11) is 0. The molecule has 3 aromatic rings. The fourth-order valence-electron chi connectivity index (χ4n) is 1.95. The highest BCUT2D eigenvalue weighted by molar-refractivity contribution is 7.18. The van der Waals surface area contributed by atoms with Crippen molar-refractivity contribution in [1.29, 1.82) is 0 Å². The Balaban J connectivity index is 1.89. The molecule has 0 bridgehead atoms. The van der Waals surface area contributed by atoms with Crippen molar-refractivity contribution in [3.63, 3.8) is 0 Å². The van der Waals surface area contributed by atoms with Crippen LogP contribution in [0.2, 0.25) is 0 Å². The van der Waals surface area contributed by atoms with Crippen molar-refractivity contribution in [3.8, 4) is 10.6 Å². The van der Waals surface area contributed by atoms with Gasteiger partial charge in [0.1, 0.15) is 5.01 Å². The number of hydrogen-bond donors (Lipinski definition) is 0. The summed E-state index contributed by atoms with van der Waals surface area (Å²) in [6, 6.07) is 7.11. The van der Waals surface area contributed by atoms with Crippen molar-refractivity contribution in [1.82, 2.24) is 20.2 Å². The summed E-state index contributed by atoms with van der Waals surface area (Å²) >= 11 is 1.38. The summed E-state index contributed by atoms with van der Waals surface area (Å²) in [5.41, 5.74) is 1.52. The lowest BCUT2D eigenvalue weighted by atomic mass is 10.2. The Bertz CT molecular complexity index is 760. The predicted molar refractivity (Wildman–Crippen MR) is 84.7 cm³/mol. The molecule has 0 radical (unpaired) electrons. The Morgan fingerprint density at radius 1 is 1.05 bits per heavy atom. The zero-order valence-corrected chi connectivity index (χ0v) is 12.7. The molecule has 3 heterocycles. The summed E-state index contributed by atoms with van der Waals surface area (Å²) in [5, 5.41) is 9.66. The van der Waals surface area contributed by atoms with E-state index in [9.17, 15) is 4.79 Å². The fourth-order valence-corrected chi connectivity index (χ4v) is 2.86. The van der Waals surface area contributed by atoms with Gasteiger partial charge in [0.2, 0.25) is 5.13 Å². The predicted octanol–water partition coefficient (Wildman–Crippen LogP) is 2.66. The van der Waals surface area contributed by atoms with E-state index in [-0.39, 0.29) is 5.91 Å². The van der Waals surface area contributed by atoms with Gasteiger partial charge in [-0.05, 0) is 31.2 Å². The van der Waals surface area contributed by atoms with Crippen LogP contribution in [0.15, 0.2) is 49.1 Å². The molecule has 110 valence electrons. The third-order valence-corrected chi connectivity index (χ3v) is 4.06. The third kappa shape index (κ3) is 2.84. The van der Waals surface area contributed by atoms with Crippen LogP contribution in [0.25, 0.3) is 10.6 Å². The highest BCUT2D eigenvalue weighted by Gasteiger charge is 2.20. The van der Waals surface area contributed by atoms with E-state index in [0.717, 1.165) is 10.6 Å². The zero-order valence-electron chi connectivity index (χ0n) is 11.9. The Labute approximate surface area is 131 Å². The smallest absolute Gasteiger partial charge is 0.260 e. The second kappa shape index (κ2) is 6.40. The maximum Gasteiger partial charge on any atom is 0.260 e. The van der Waals surface area contributed by atoms with Gasteiger partial charge in [-0.25, -0.2) is 0 Å². The molecule has 3 rings (SSSR count). The van der Waals surface area contributed by atoms with Crippen LogP contribution in [0, 0.1) is 0 Å². The van der Waals surface area contributed by atoms with Crippen LogP contribution in [0.4, 0.5) is 5.13 Å². The standard InChI is InChI=1S/C15H13N5OS/c1-2-20(14(21)12-5-9-17-10-6-12)15-19-18-13(22-15)11-3-7-16-8-4-11/h3-10H,2H2,1H3. The van der Waals surface area contributed by atoms with E-state index in [1.54, 1.807) is 41.8 Å². The summed E-state index contributed by atoms with van der Waals surface area (Å²) in [6.45, 7) is 2.43. The van der Waals surface area contributed by atoms with Crippen LogP contribution in [0.5, 0.6) is 0 Å². The van der Waals surface area contributed by atoms with Crippen LogP contribution < -0.4 is 4.90 Å². The molecule has 0 aromatic carbocycles. The van der Waals surface area contributed by atoms with Gasteiger partial charge in [-0.2, -0.15) is 0 Å². The van der Waals surface area contributed by atoms with Crippen molar-refractivity contribution in [2.75, 3.05) is 11.4 Å². The number of pyridine rings is 2. The number of aromatic nitrogens is 4. The summed E-state index contributed by atoms with van der Waals surface area (Å²) in [5.74, 6) is -0.109. The maximum atomic E-state index is 12.5. The van der Waals surface area contributed by atoms with Gasteiger partial charge in [0.25, 0.3) is 5.91 Å². The molecule has 0 saturated heterocycles. The first-order valence-electron chi connectivity index (χ1n) is 6.75. The second-order valence-electron chi connectivity index (χ2n) is 4.41. The molecule has 6 nitrogen and oxygen atoms in total. The normalized spacial score (nSPS) is 10.4. The molecule has 0 aliphatic heterocycles. The first kappa shape index (κ1) is 14.3. The molecule has 0 saturated carbocycles. The van der Waals surface area contributed by atoms with Crippen molar-refractivity contribution in [2.45, 2.75) is 6.92 Å². The molecule has 0 atom stereocenters. The van der Waals surface area contributed by atoms with Crippen LogP contribution in [-0.4, -0.2) is 32.6 Å². The van der Waals surface area contributed by atoms with E-state index in [4.69, 9.17) is 0 Å². The van der Waals surface area contributed by atoms with E-state index >= 15 is 0 Å². The Morgan fingerprint density at radius 3 is 2.32 bits per heavy atom. The average molecular weight is 311 g/mol. The molecule has 0 N–H and O–H groups in total. The molecule has 0 aliphatic rings. The molecule has 7 heteroatoms. The monoisotopic (exact) mass is 311 g/mol. The number of carbonyl (C=O) groups excluding carboxylic acids is 1. The first-order chi connectivity index (χ1) is 10.8. The molecule has 0 unspecified atom stereocenters. The minimum absolute atomic E-state index is 0.109. The fraction of sp³-hybridized carbons (Fsp3) is 0.133. The van der Waals surface area contributed by atoms with Gasteiger partial charge >= 0.3 is 0 Å². The van der Waals surface area contributed by atoms with Gasteiger partial charge < -0.3 is 0 Å². The van der Waals surface area contributed by atoms with Gasteiger partial charge in [0, 0.05) is 42.5 Å². The number of carbonyl (C=O) groups is 1. The number of amides is 1. The minimum atomic E-state index is -0.109. The Morgan fingerprint density at radius 2 is 1.68 bits per heavy atom. The summed E-state index contributed by atoms with van der Waals surface area (Å²) < 4.78 is 0. The second-order valence-corrected chi connectivity index (χ2v) is 5.37. The lowest BCUT2D eigenvalue weighted by Gasteiger charge is -2.16. The van der Waals surface area contributed by atoms with Crippen LogP contribution in [0.3, 0.4) is 0 Å². The molecule has 0 aliphatic carbocycles. The largest absolute Gasteiger partial charge is 0.283 e. The van der Waals surface area contributed by atoms with Crippen molar-refractivity contribution in [3.05, 3.63) is 54.6 Å². The van der Waals surface area contributed by atoms with E-state index in [0.29, 0.717) is 17.2 Å². The third-order valence-electron chi connectivity index (χ3n) is 3.06. The quantitative estimate of drug-likeness (QED) is 0.740. The molecule has 1 amide bonds. The molecule has 3 aromatic heterocycles. The minimum Gasteiger partial charge on any atom is -0.283 e. The van der Waals surface area contributed by atoms with Crippen LogP contribution in [0.1, 0.15) is 17.3 Å². The van der Waals surface area contributed by atoms with Gasteiger partial charge in [-0.15, -0.1) is 10.2 Å². The van der Waals surface area contributed by atoms with Crippen molar-refractivity contribution < 1.29 is 4.79 Å². The maximum absolute atomic E-state index is 12.5. The zero-order chi connectivity index (χ0) is 15.4. The molecule has 0 fully saturated rings. The molecular weight excluding hydrogens is 298 g/mol. The number of rotatable bonds is 4. The Kier molecular flexibility index (Phi) is 4.15. The topological polar surface area (TPSA) is 71.9 Å². The Hall–Kier alpha value is -2.67. The van der Waals surface area contributed by atoms with Gasteiger partial charge in [-0.1, -0.05) is 11.3 Å². The lowest BCUT2D eigenvalue weighted by Crippen LogP contribution is -2.30. The van der Waals surface area contributed by atoms with Gasteiger partial charge in [0.15, 0.2) is 0 Å². The number of anilines is 1. The van der Waals surface area contributed by atoms with Crippen LogP contribution in [-0.2, 0) is 0 Å². The molecular formula is C15H13N5OS. The van der Waals surface area contributed by atoms with Gasteiger partial charge in [0.05, 0.1) is 0 Å². The summed E-state index contributed by atoms with van der Waals surface area (Å²) in [6.07, 6.45) is 6.61.